The Morgan fingerprint density at radius 3 is 2.37 bits per heavy atom. The Bertz CT molecular complexity index is 275. The van der Waals surface area contributed by atoms with Crippen molar-refractivity contribution >= 4 is 18.3 Å². The van der Waals surface area contributed by atoms with E-state index in [0.29, 0.717) is 12.0 Å². The second-order valence-corrected chi connectivity index (χ2v) is 5.69. The third-order valence-electron chi connectivity index (χ3n) is 4.22. The Hall–Kier alpha value is -0.320. The maximum Gasteiger partial charge on any atom is 0.253 e. The molecule has 1 atom stereocenters. The molecule has 0 spiro atoms. The van der Waals surface area contributed by atoms with Gasteiger partial charge in [-0.2, -0.15) is 0 Å². The Morgan fingerprint density at radius 1 is 1.26 bits per heavy atom. The molecule has 1 amide bonds. The lowest BCUT2D eigenvalue weighted by Gasteiger charge is -2.31. The van der Waals surface area contributed by atoms with Crippen LogP contribution in [-0.4, -0.2) is 43.2 Å². The van der Waals surface area contributed by atoms with E-state index >= 15 is 0 Å². The van der Waals surface area contributed by atoms with Gasteiger partial charge in [-0.25, -0.2) is 0 Å². The number of amides is 1. The number of nitrogens with two attached hydrogens (primary N) is 1. The average molecular weight is 291 g/mol. The number of carbonyl (C=O) groups is 1. The van der Waals surface area contributed by atoms with Crippen LogP contribution in [0, 0.1) is 5.92 Å². The van der Waals surface area contributed by atoms with Crippen LogP contribution < -0.4 is 5.73 Å². The molecule has 0 radical (unpaired) electrons. The number of ether oxygens (including phenoxy) is 1. The van der Waals surface area contributed by atoms with Crippen molar-refractivity contribution in [2.45, 2.75) is 57.1 Å². The molecular weight excluding hydrogens is 264 g/mol. The predicted octanol–water partition coefficient (Wildman–Crippen LogP) is 1.95. The minimum atomic E-state index is -0.450. The van der Waals surface area contributed by atoms with Crippen LogP contribution >= 0.6 is 12.4 Å². The predicted molar refractivity (Wildman–Crippen MR) is 78.4 cm³/mol. The molecule has 19 heavy (non-hydrogen) atoms. The molecule has 2 aliphatic carbocycles. The molecule has 0 aliphatic heterocycles. The van der Waals surface area contributed by atoms with Crippen LogP contribution in [0.2, 0.25) is 0 Å². The van der Waals surface area contributed by atoms with E-state index in [0.717, 1.165) is 19.4 Å². The molecule has 112 valence electrons. The third-order valence-corrected chi connectivity index (χ3v) is 4.22. The second-order valence-electron chi connectivity index (χ2n) is 5.69. The Balaban J connectivity index is 0.00000180. The molecule has 0 bridgehead atoms. The summed E-state index contributed by atoms with van der Waals surface area (Å²) in [4.78, 5) is 14.4. The summed E-state index contributed by atoms with van der Waals surface area (Å²) in [6.45, 7) is 1.20. The fourth-order valence-electron chi connectivity index (χ4n) is 2.94. The molecular formula is C14H27ClN2O2. The molecule has 1 unspecified atom stereocenters. The molecule has 2 aliphatic rings. The van der Waals surface area contributed by atoms with Crippen LogP contribution in [0.3, 0.4) is 0 Å². The summed E-state index contributed by atoms with van der Waals surface area (Å²) >= 11 is 0. The minimum absolute atomic E-state index is 0. The monoisotopic (exact) mass is 290 g/mol. The van der Waals surface area contributed by atoms with Gasteiger partial charge in [0.25, 0.3) is 5.91 Å². The van der Waals surface area contributed by atoms with Crippen molar-refractivity contribution < 1.29 is 9.53 Å². The molecule has 0 aromatic carbocycles. The molecule has 2 fully saturated rings. The Labute approximate surface area is 122 Å². The number of hydrogen-bond acceptors (Lipinski definition) is 3. The molecule has 4 nitrogen and oxygen atoms in total. The van der Waals surface area contributed by atoms with Gasteiger partial charge < -0.3 is 15.4 Å². The first-order valence-corrected chi connectivity index (χ1v) is 7.29. The molecule has 0 heterocycles. The molecule has 0 saturated heterocycles. The van der Waals surface area contributed by atoms with Crippen molar-refractivity contribution in [3.8, 4) is 0 Å². The first kappa shape index (κ1) is 16.7. The minimum Gasteiger partial charge on any atom is -0.370 e. The van der Waals surface area contributed by atoms with Crippen molar-refractivity contribution in [3.63, 3.8) is 0 Å². The third kappa shape index (κ3) is 4.62. The summed E-state index contributed by atoms with van der Waals surface area (Å²) < 4.78 is 5.19. The van der Waals surface area contributed by atoms with E-state index in [2.05, 4.69) is 4.90 Å². The summed E-state index contributed by atoms with van der Waals surface area (Å²) in [5.41, 5.74) is 5.60. The number of carbonyl (C=O) groups excluding carboxylic acids is 1. The standard InChI is InChI=1S/C14H26N2O2.ClH/c1-18-13(9-15)14(17)16(12-7-8-12)10-11-5-3-2-4-6-11;/h11-13H,2-10,15H2,1H3;1H. The number of rotatable bonds is 6. The highest BCUT2D eigenvalue weighted by atomic mass is 35.5. The van der Waals surface area contributed by atoms with Gasteiger partial charge in [-0.3, -0.25) is 4.79 Å². The van der Waals surface area contributed by atoms with Gasteiger partial charge >= 0.3 is 0 Å². The highest BCUT2D eigenvalue weighted by Gasteiger charge is 2.36. The van der Waals surface area contributed by atoms with Gasteiger partial charge in [-0.1, -0.05) is 19.3 Å². The van der Waals surface area contributed by atoms with E-state index < -0.39 is 6.10 Å². The maximum atomic E-state index is 12.4. The molecule has 2 N–H and O–H groups in total. The van der Waals surface area contributed by atoms with Crippen LogP contribution in [-0.2, 0) is 9.53 Å². The van der Waals surface area contributed by atoms with Crippen LogP contribution in [0.25, 0.3) is 0 Å². The van der Waals surface area contributed by atoms with Gasteiger partial charge in [-0.05, 0) is 31.6 Å². The highest BCUT2D eigenvalue weighted by Crippen LogP contribution is 2.31. The van der Waals surface area contributed by atoms with Crippen molar-refractivity contribution in [2.75, 3.05) is 20.2 Å². The number of hydrogen-bond donors (Lipinski definition) is 1. The van der Waals surface area contributed by atoms with Crippen LogP contribution in [0.15, 0.2) is 0 Å². The zero-order valence-electron chi connectivity index (χ0n) is 11.8. The molecule has 0 aromatic rings. The topological polar surface area (TPSA) is 55.6 Å². The number of halogens is 1. The SMILES string of the molecule is COC(CN)C(=O)N(CC1CCCCC1)C1CC1.Cl. The Kier molecular flexibility index (Phi) is 7.11. The van der Waals surface area contributed by atoms with Crippen molar-refractivity contribution in [1.29, 1.82) is 0 Å². The lowest BCUT2D eigenvalue weighted by molar-refractivity contribution is -0.142. The summed E-state index contributed by atoms with van der Waals surface area (Å²) in [5.74, 6) is 0.798. The summed E-state index contributed by atoms with van der Waals surface area (Å²) in [6, 6.07) is 0.462. The zero-order valence-corrected chi connectivity index (χ0v) is 12.7. The first-order chi connectivity index (χ1) is 8.76. The van der Waals surface area contributed by atoms with Crippen molar-refractivity contribution in [1.82, 2.24) is 4.90 Å². The van der Waals surface area contributed by atoms with E-state index in [1.165, 1.54) is 32.1 Å². The van der Waals surface area contributed by atoms with Gasteiger partial charge in [0.05, 0.1) is 0 Å². The molecule has 2 saturated carbocycles. The number of nitrogens with zero attached hydrogens (tertiary/aromatic N) is 1. The van der Waals surface area contributed by atoms with E-state index in [-0.39, 0.29) is 24.9 Å². The van der Waals surface area contributed by atoms with Gasteiger partial charge in [0.15, 0.2) is 0 Å². The fourth-order valence-corrected chi connectivity index (χ4v) is 2.94. The summed E-state index contributed by atoms with van der Waals surface area (Å²) in [5, 5.41) is 0. The normalized spacial score (nSPS) is 21.6. The molecule has 0 aromatic heterocycles. The lowest BCUT2D eigenvalue weighted by atomic mass is 9.89. The maximum absolute atomic E-state index is 12.4. The quantitative estimate of drug-likeness (QED) is 0.813. The highest BCUT2D eigenvalue weighted by molar-refractivity contribution is 5.85. The van der Waals surface area contributed by atoms with E-state index in [1.54, 1.807) is 7.11 Å². The van der Waals surface area contributed by atoms with E-state index in [9.17, 15) is 4.79 Å². The van der Waals surface area contributed by atoms with Gasteiger partial charge in [0.2, 0.25) is 0 Å². The molecule has 2 rings (SSSR count). The van der Waals surface area contributed by atoms with E-state index in [1.807, 2.05) is 0 Å². The smallest absolute Gasteiger partial charge is 0.253 e. The van der Waals surface area contributed by atoms with Gasteiger partial charge in [0, 0.05) is 26.2 Å². The largest absolute Gasteiger partial charge is 0.370 e. The second kappa shape index (κ2) is 8.08. The first-order valence-electron chi connectivity index (χ1n) is 7.29. The van der Waals surface area contributed by atoms with Crippen LogP contribution in [0.5, 0.6) is 0 Å². The fraction of sp³-hybridized carbons (Fsp3) is 0.929. The van der Waals surface area contributed by atoms with Crippen LogP contribution in [0.4, 0.5) is 0 Å². The van der Waals surface area contributed by atoms with Crippen LogP contribution in [0.1, 0.15) is 44.9 Å². The zero-order chi connectivity index (χ0) is 13.0. The Morgan fingerprint density at radius 2 is 1.89 bits per heavy atom. The average Bonchev–Trinajstić information content (AvgIpc) is 3.23. The lowest BCUT2D eigenvalue weighted by Crippen LogP contribution is -2.46. The number of methoxy groups -OCH3 is 1. The van der Waals surface area contributed by atoms with Crippen molar-refractivity contribution in [2.24, 2.45) is 11.7 Å². The van der Waals surface area contributed by atoms with Crippen molar-refractivity contribution in [3.05, 3.63) is 0 Å². The van der Waals surface area contributed by atoms with E-state index in [4.69, 9.17) is 10.5 Å². The molecule has 5 heteroatoms. The summed E-state index contributed by atoms with van der Waals surface area (Å²) in [7, 11) is 1.57. The summed E-state index contributed by atoms with van der Waals surface area (Å²) in [6.07, 6.45) is 8.41. The van der Waals surface area contributed by atoms with Gasteiger partial charge in [0.1, 0.15) is 6.10 Å². The van der Waals surface area contributed by atoms with Gasteiger partial charge in [-0.15, -0.1) is 12.4 Å².